The van der Waals surface area contributed by atoms with Gasteiger partial charge in [0.2, 0.25) is 5.91 Å². The normalized spacial score (nSPS) is 14.6. The van der Waals surface area contributed by atoms with Crippen molar-refractivity contribution in [2.75, 3.05) is 40.9 Å². The van der Waals surface area contributed by atoms with E-state index in [0.717, 1.165) is 38.5 Å². The molecule has 0 aromatic heterocycles. The van der Waals surface area contributed by atoms with Crippen molar-refractivity contribution in [1.82, 2.24) is 5.32 Å². The Hall–Kier alpha value is -1.02. The maximum Gasteiger partial charge on any atom is 0.268 e. The summed E-state index contributed by atoms with van der Waals surface area (Å²) < 4.78 is 23.1. The molecule has 2 N–H and O–H groups in total. The van der Waals surface area contributed by atoms with Crippen LogP contribution in [0.5, 0.6) is 0 Å². The fourth-order valence-corrected chi connectivity index (χ4v) is 7.05. The van der Waals surface area contributed by atoms with Crippen LogP contribution >= 0.6 is 7.82 Å². The van der Waals surface area contributed by atoms with E-state index in [9.17, 15) is 19.4 Å². The van der Waals surface area contributed by atoms with E-state index in [1.54, 1.807) is 6.08 Å². The number of allylic oxidation sites excluding steroid dienone is 3. The van der Waals surface area contributed by atoms with E-state index in [1.807, 2.05) is 27.2 Å². The highest BCUT2D eigenvalue weighted by Crippen LogP contribution is 2.38. The zero-order valence-corrected chi connectivity index (χ0v) is 36.4. The summed E-state index contributed by atoms with van der Waals surface area (Å²) in [7, 11) is 1.26. The highest BCUT2D eigenvalue weighted by Gasteiger charge is 2.23. The predicted octanol–water partition coefficient (Wildman–Crippen LogP) is 11.5. The number of unbranched alkanes of at least 4 members (excludes halogenated alkanes) is 25. The Kier molecular flexibility index (Phi) is 35.9. The van der Waals surface area contributed by atoms with Crippen molar-refractivity contribution in [2.45, 2.75) is 212 Å². The molecule has 0 aliphatic carbocycles. The molecule has 3 unspecified atom stereocenters. The lowest BCUT2D eigenvalue weighted by Crippen LogP contribution is -2.45. The summed E-state index contributed by atoms with van der Waals surface area (Å²) in [6.07, 6.45) is 42.4. The van der Waals surface area contributed by atoms with E-state index in [4.69, 9.17) is 9.05 Å². The molecule has 9 heteroatoms. The Labute approximate surface area is 328 Å². The molecule has 0 rings (SSSR count). The highest BCUT2D eigenvalue weighted by atomic mass is 31.2. The number of hydrogen-bond donors (Lipinski definition) is 2. The molecule has 3 atom stereocenters. The summed E-state index contributed by atoms with van der Waals surface area (Å²) in [5.41, 5.74) is 0. The first kappa shape index (κ1) is 52.0. The number of carbonyl (C=O) groups is 1. The molecule has 53 heavy (non-hydrogen) atoms. The van der Waals surface area contributed by atoms with Gasteiger partial charge in [-0.15, -0.1) is 0 Å². The fraction of sp³-hybridized carbons (Fsp3) is 0.886. The van der Waals surface area contributed by atoms with Crippen molar-refractivity contribution in [3.63, 3.8) is 0 Å². The molecular formula is C44H87N2O6P. The first-order chi connectivity index (χ1) is 25.5. The summed E-state index contributed by atoms with van der Waals surface area (Å²) in [5.74, 6) is -0.204. The number of carbonyl (C=O) groups excluding carboxylic acids is 1. The Morgan fingerprint density at radius 3 is 1.47 bits per heavy atom. The van der Waals surface area contributed by atoms with Gasteiger partial charge >= 0.3 is 0 Å². The number of amides is 1. The molecule has 0 bridgehead atoms. The van der Waals surface area contributed by atoms with Crippen LogP contribution in [0.2, 0.25) is 0 Å². The summed E-state index contributed by atoms with van der Waals surface area (Å²) in [5, 5.41) is 13.7. The Balaban J connectivity index is 4.24. The van der Waals surface area contributed by atoms with Crippen molar-refractivity contribution in [2.24, 2.45) is 0 Å². The summed E-state index contributed by atoms with van der Waals surface area (Å²) >= 11 is 0. The number of likely N-dealkylation sites (N-methyl/N-ethyl adjacent to an activating group) is 1. The van der Waals surface area contributed by atoms with Crippen LogP contribution in [-0.4, -0.2) is 68.5 Å². The van der Waals surface area contributed by atoms with Gasteiger partial charge in [-0.3, -0.25) is 9.36 Å². The Morgan fingerprint density at radius 2 is 1.04 bits per heavy atom. The SMILES string of the molecule is CCCCCCCCC/C=C/C(O)C(COP(=O)([O-])OCC[N+](C)(C)C)NC(=O)CCCCCCCCC/C=C\CCCCCCCCCCCCC. The lowest BCUT2D eigenvalue weighted by atomic mass is 10.0. The number of phosphoric acid groups is 1. The van der Waals surface area contributed by atoms with Crippen LogP contribution in [0.3, 0.4) is 0 Å². The van der Waals surface area contributed by atoms with E-state index in [1.165, 1.54) is 141 Å². The van der Waals surface area contributed by atoms with Crippen molar-refractivity contribution < 1.29 is 32.9 Å². The molecule has 1 amide bonds. The minimum absolute atomic E-state index is 0.00123. The smallest absolute Gasteiger partial charge is 0.268 e. The van der Waals surface area contributed by atoms with Crippen LogP contribution < -0.4 is 10.2 Å². The van der Waals surface area contributed by atoms with Crippen LogP contribution in [0.4, 0.5) is 0 Å². The van der Waals surface area contributed by atoms with Crippen LogP contribution in [-0.2, 0) is 18.4 Å². The molecule has 0 aliphatic heterocycles. The van der Waals surface area contributed by atoms with Gasteiger partial charge in [-0.2, -0.15) is 0 Å². The van der Waals surface area contributed by atoms with Crippen LogP contribution in [0.25, 0.3) is 0 Å². The fourth-order valence-electron chi connectivity index (χ4n) is 6.32. The molecule has 0 heterocycles. The molecule has 0 saturated carbocycles. The van der Waals surface area contributed by atoms with Crippen molar-refractivity contribution >= 4 is 13.7 Å². The molecule has 0 aromatic rings. The standard InChI is InChI=1S/C44H87N2O6P/c1-6-8-10-12-14-16-17-18-19-20-21-22-23-24-25-26-27-28-30-32-34-36-38-44(48)45-42(41-52-53(49,50)51-40-39-46(3,4)5)43(47)37-35-33-31-29-15-13-11-9-7-2/h23-24,35,37,42-43,47H,6-22,25-34,36,38-41H2,1-5H3,(H-,45,48,49,50)/b24-23-,37-35+. The summed E-state index contributed by atoms with van der Waals surface area (Å²) in [6, 6.07) is -0.883. The molecule has 0 fully saturated rings. The lowest BCUT2D eigenvalue weighted by molar-refractivity contribution is -0.870. The molecule has 0 aliphatic rings. The van der Waals surface area contributed by atoms with Crippen LogP contribution in [0, 0.1) is 0 Å². The van der Waals surface area contributed by atoms with Crippen LogP contribution in [0.1, 0.15) is 200 Å². The zero-order chi connectivity index (χ0) is 39.3. The minimum atomic E-state index is -4.58. The monoisotopic (exact) mass is 771 g/mol. The van der Waals surface area contributed by atoms with Gasteiger partial charge in [-0.25, -0.2) is 0 Å². The third kappa shape index (κ3) is 39.0. The van der Waals surface area contributed by atoms with E-state index in [2.05, 4.69) is 31.3 Å². The number of phosphoric ester groups is 1. The Bertz CT molecular complexity index is 922. The van der Waals surface area contributed by atoms with Crippen molar-refractivity contribution in [3.8, 4) is 0 Å². The number of aliphatic hydroxyl groups excluding tert-OH is 1. The number of hydrogen-bond acceptors (Lipinski definition) is 6. The van der Waals surface area contributed by atoms with Gasteiger partial charge in [0.25, 0.3) is 7.82 Å². The Morgan fingerprint density at radius 1 is 0.642 bits per heavy atom. The molecule has 314 valence electrons. The first-order valence-corrected chi connectivity index (χ1v) is 23.7. The molecule has 0 aromatic carbocycles. The topological polar surface area (TPSA) is 108 Å². The second kappa shape index (κ2) is 36.6. The van der Waals surface area contributed by atoms with Gasteiger partial charge in [-0.1, -0.05) is 173 Å². The maximum absolute atomic E-state index is 12.8. The third-order valence-electron chi connectivity index (χ3n) is 9.91. The van der Waals surface area contributed by atoms with E-state index in [-0.39, 0.29) is 19.1 Å². The van der Waals surface area contributed by atoms with Gasteiger partial charge in [0.1, 0.15) is 13.2 Å². The maximum atomic E-state index is 12.8. The summed E-state index contributed by atoms with van der Waals surface area (Å²) in [6.45, 7) is 4.61. The minimum Gasteiger partial charge on any atom is -0.756 e. The van der Waals surface area contributed by atoms with E-state index < -0.39 is 20.0 Å². The number of aliphatic hydroxyl groups is 1. The lowest BCUT2D eigenvalue weighted by Gasteiger charge is -2.29. The quantitative estimate of drug-likeness (QED) is 0.0278. The molecule has 8 nitrogen and oxygen atoms in total. The molecule has 0 spiro atoms. The van der Waals surface area contributed by atoms with Gasteiger partial charge in [0.15, 0.2) is 0 Å². The van der Waals surface area contributed by atoms with Crippen molar-refractivity contribution in [1.29, 1.82) is 0 Å². The molecule has 0 saturated heterocycles. The second-order valence-electron chi connectivity index (χ2n) is 16.4. The van der Waals surface area contributed by atoms with E-state index >= 15 is 0 Å². The number of nitrogens with zero attached hydrogens (tertiary/aromatic N) is 1. The zero-order valence-electron chi connectivity index (χ0n) is 35.5. The van der Waals surface area contributed by atoms with Gasteiger partial charge < -0.3 is 28.8 Å². The van der Waals surface area contributed by atoms with Gasteiger partial charge in [0.05, 0.1) is 39.9 Å². The average Bonchev–Trinajstić information content (AvgIpc) is 3.10. The van der Waals surface area contributed by atoms with Crippen molar-refractivity contribution in [3.05, 3.63) is 24.3 Å². The van der Waals surface area contributed by atoms with Crippen LogP contribution in [0.15, 0.2) is 24.3 Å². The third-order valence-corrected chi connectivity index (χ3v) is 10.9. The highest BCUT2D eigenvalue weighted by molar-refractivity contribution is 7.45. The average molecular weight is 771 g/mol. The second-order valence-corrected chi connectivity index (χ2v) is 17.8. The van der Waals surface area contributed by atoms with E-state index in [0.29, 0.717) is 17.4 Å². The number of rotatable bonds is 40. The summed E-state index contributed by atoms with van der Waals surface area (Å²) in [4.78, 5) is 25.2. The molecule has 0 radical (unpaired) electrons. The number of nitrogens with one attached hydrogen (secondary N) is 1. The van der Waals surface area contributed by atoms with Gasteiger partial charge in [-0.05, 0) is 44.9 Å². The predicted molar refractivity (Wildman–Crippen MR) is 224 cm³/mol. The first-order valence-electron chi connectivity index (χ1n) is 22.2. The van der Waals surface area contributed by atoms with Gasteiger partial charge in [0, 0.05) is 6.42 Å². The molecular weight excluding hydrogens is 683 g/mol. The largest absolute Gasteiger partial charge is 0.756 e. The number of quaternary nitrogens is 1.